The lowest BCUT2D eigenvalue weighted by Crippen LogP contribution is -2.35. The lowest BCUT2D eigenvalue weighted by Gasteiger charge is -2.20. The van der Waals surface area contributed by atoms with Crippen LogP contribution < -0.4 is 5.73 Å². The van der Waals surface area contributed by atoms with Gasteiger partial charge in [0.2, 0.25) is 5.89 Å². The van der Waals surface area contributed by atoms with Crippen LogP contribution in [-0.2, 0) is 12.0 Å². The first-order chi connectivity index (χ1) is 9.50. The molecule has 0 saturated carbocycles. The zero-order chi connectivity index (χ0) is 14.8. The van der Waals surface area contributed by atoms with Crippen LogP contribution in [0, 0.1) is 5.82 Å². The van der Waals surface area contributed by atoms with Crippen molar-refractivity contribution in [1.29, 1.82) is 0 Å². The number of aromatic nitrogens is 2. The van der Waals surface area contributed by atoms with Crippen LogP contribution >= 0.6 is 11.6 Å². The summed E-state index contributed by atoms with van der Waals surface area (Å²) in [7, 11) is 0. The molecule has 20 heavy (non-hydrogen) atoms. The SMILES string of the molecule is CCC(N)(CC)c1nc(Cc2cccc(Cl)c2F)no1. The molecule has 0 fully saturated rings. The van der Waals surface area contributed by atoms with E-state index in [1.807, 2.05) is 13.8 Å². The van der Waals surface area contributed by atoms with Gasteiger partial charge in [-0.2, -0.15) is 4.98 Å². The van der Waals surface area contributed by atoms with Crippen LogP contribution in [-0.4, -0.2) is 10.1 Å². The summed E-state index contributed by atoms with van der Waals surface area (Å²) in [6, 6.07) is 4.83. The molecule has 0 aliphatic rings. The molecule has 0 aliphatic heterocycles. The van der Waals surface area contributed by atoms with Crippen molar-refractivity contribution in [1.82, 2.24) is 10.1 Å². The van der Waals surface area contributed by atoms with Gasteiger partial charge in [0, 0.05) is 6.42 Å². The van der Waals surface area contributed by atoms with Crippen LogP contribution in [0.15, 0.2) is 22.7 Å². The molecule has 108 valence electrons. The molecule has 1 aromatic carbocycles. The largest absolute Gasteiger partial charge is 0.337 e. The predicted molar refractivity (Wildman–Crippen MR) is 75.0 cm³/mol. The van der Waals surface area contributed by atoms with Crippen molar-refractivity contribution in [3.63, 3.8) is 0 Å². The van der Waals surface area contributed by atoms with E-state index in [0.29, 0.717) is 30.1 Å². The molecule has 0 saturated heterocycles. The van der Waals surface area contributed by atoms with Crippen LogP contribution in [0.1, 0.15) is 44.0 Å². The molecule has 0 radical (unpaired) electrons. The molecule has 6 heteroatoms. The molecule has 0 bridgehead atoms. The van der Waals surface area contributed by atoms with E-state index in [-0.39, 0.29) is 11.4 Å². The van der Waals surface area contributed by atoms with Crippen molar-refractivity contribution >= 4 is 11.6 Å². The zero-order valence-corrected chi connectivity index (χ0v) is 12.2. The molecule has 1 heterocycles. The van der Waals surface area contributed by atoms with Crippen LogP contribution in [0.2, 0.25) is 5.02 Å². The third kappa shape index (κ3) is 2.83. The Labute approximate surface area is 122 Å². The molecule has 0 aliphatic carbocycles. The van der Waals surface area contributed by atoms with Crippen molar-refractivity contribution in [2.75, 3.05) is 0 Å². The average Bonchev–Trinajstić information content (AvgIpc) is 2.92. The monoisotopic (exact) mass is 297 g/mol. The van der Waals surface area contributed by atoms with Crippen LogP contribution in [0.5, 0.6) is 0 Å². The standard InChI is InChI=1S/C14H17ClFN3O/c1-3-14(17,4-2)13-18-11(19-20-13)8-9-6-5-7-10(15)12(9)16/h5-7H,3-4,8,17H2,1-2H3. The molecular weight excluding hydrogens is 281 g/mol. The molecule has 2 aromatic rings. The Morgan fingerprint density at radius 3 is 2.70 bits per heavy atom. The van der Waals surface area contributed by atoms with Crippen LogP contribution in [0.3, 0.4) is 0 Å². The second-order valence-electron chi connectivity index (χ2n) is 4.77. The van der Waals surface area contributed by atoms with Crippen LogP contribution in [0.4, 0.5) is 4.39 Å². The van der Waals surface area contributed by atoms with Crippen LogP contribution in [0.25, 0.3) is 0 Å². The Bertz CT molecular complexity index is 596. The summed E-state index contributed by atoms with van der Waals surface area (Å²) in [5.41, 5.74) is 5.99. The number of hydrogen-bond acceptors (Lipinski definition) is 4. The first-order valence-electron chi connectivity index (χ1n) is 6.55. The van der Waals surface area contributed by atoms with E-state index in [0.717, 1.165) is 0 Å². The average molecular weight is 298 g/mol. The minimum Gasteiger partial charge on any atom is -0.337 e. The highest BCUT2D eigenvalue weighted by Crippen LogP contribution is 2.25. The molecule has 2 N–H and O–H groups in total. The van der Waals surface area contributed by atoms with E-state index in [1.54, 1.807) is 12.1 Å². The summed E-state index contributed by atoms with van der Waals surface area (Å²) < 4.78 is 19.0. The Morgan fingerprint density at radius 2 is 2.05 bits per heavy atom. The Hall–Kier alpha value is -1.46. The summed E-state index contributed by atoms with van der Waals surface area (Å²) in [5.74, 6) is 0.336. The van der Waals surface area contributed by atoms with Crippen molar-refractivity contribution in [2.45, 2.75) is 38.6 Å². The summed E-state index contributed by atoms with van der Waals surface area (Å²) in [4.78, 5) is 4.28. The number of rotatable bonds is 5. The zero-order valence-electron chi connectivity index (χ0n) is 11.5. The van der Waals surface area contributed by atoms with Gasteiger partial charge in [0.15, 0.2) is 5.82 Å². The summed E-state index contributed by atoms with van der Waals surface area (Å²) in [6.45, 7) is 3.92. The highest BCUT2D eigenvalue weighted by atomic mass is 35.5. The third-order valence-corrected chi connectivity index (χ3v) is 3.83. The lowest BCUT2D eigenvalue weighted by atomic mass is 9.94. The fraction of sp³-hybridized carbons (Fsp3) is 0.429. The molecular formula is C14H17ClFN3O. The van der Waals surface area contributed by atoms with E-state index >= 15 is 0 Å². The molecule has 0 amide bonds. The molecule has 0 unspecified atom stereocenters. The second kappa shape index (κ2) is 5.89. The first-order valence-corrected chi connectivity index (χ1v) is 6.92. The number of halogens is 2. The molecule has 1 aromatic heterocycles. The topological polar surface area (TPSA) is 64.9 Å². The van der Waals surface area contributed by atoms with Gasteiger partial charge in [0.05, 0.1) is 10.6 Å². The summed E-state index contributed by atoms with van der Waals surface area (Å²) in [6.07, 6.45) is 1.60. The molecule has 4 nitrogen and oxygen atoms in total. The maximum Gasteiger partial charge on any atom is 0.246 e. The maximum atomic E-state index is 13.8. The van der Waals surface area contributed by atoms with Crippen molar-refractivity contribution in [2.24, 2.45) is 5.73 Å². The highest BCUT2D eigenvalue weighted by molar-refractivity contribution is 6.30. The second-order valence-corrected chi connectivity index (χ2v) is 5.18. The van der Waals surface area contributed by atoms with E-state index in [1.165, 1.54) is 6.07 Å². The minimum absolute atomic E-state index is 0.0847. The Kier molecular flexibility index (Phi) is 4.40. The van der Waals surface area contributed by atoms with Gasteiger partial charge in [-0.3, -0.25) is 0 Å². The van der Waals surface area contributed by atoms with Gasteiger partial charge in [-0.15, -0.1) is 0 Å². The fourth-order valence-corrected chi connectivity index (χ4v) is 2.13. The molecule has 2 rings (SSSR count). The Balaban J connectivity index is 2.24. The number of benzene rings is 1. The highest BCUT2D eigenvalue weighted by Gasteiger charge is 2.30. The Morgan fingerprint density at radius 1 is 1.35 bits per heavy atom. The quantitative estimate of drug-likeness (QED) is 0.918. The van der Waals surface area contributed by atoms with E-state index in [4.69, 9.17) is 21.9 Å². The van der Waals surface area contributed by atoms with Gasteiger partial charge < -0.3 is 10.3 Å². The van der Waals surface area contributed by atoms with Crippen molar-refractivity contribution in [3.8, 4) is 0 Å². The molecule has 0 atom stereocenters. The normalized spacial score (nSPS) is 11.8. The van der Waals surface area contributed by atoms with Gasteiger partial charge in [-0.1, -0.05) is 42.7 Å². The van der Waals surface area contributed by atoms with Gasteiger partial charge in [0.25, 0.3) is 0 Å². The number of nitrogens with zero attached hydrogens (tertiary/aromatic N) is 2. The van der Waals surface area contributed by atoms with Gasteiger partial charge >= 0.3 is 0 Å². The maximum absolute atomic E-state index is 13.8. The molecule has 0 spiro atoms. The van der Waals surface area contributed by atoms with Gasteiger partial charge in [-0.05, 0) is 24.5 Å². The van der Waals surface area contributed by atoms with E-state index in [9.17, 15) is 4.39 Å². The van der Waals surface area contributed by atoms with Gasteiger partial charge in [-0.25, -0.2) is 4.39 Å². The van der Waals surface area contributed by atoms with Gasteiger partial charge in [0.1, 0.15) is 5.82 Å². The smallest absolute Gasteiger partial charge is 0.246 e. The number of nitrogens with two attached hydrogens (primary N) is 1. The van der Waals surface area contributed by atoms with E-state index < -0.39 is 11.4 Å². The summed E-state index contributed by atoms with van der Waals surface area (Å²) in [5, 5.41) is 3.95. The first kappa shape index (κ1) is 14.9. The van der Waals surface area contributed by atoms with Crippen molar-refractivity contribution in [3.05, 3.63) is 46.3 Å². The third-order valence-electron chi connectivity index (χ3n) is 3.54. The predicted octanol–water partition coefficient (Wildman–Crippen LogP) is 3.43. The minimum atomic E-state index is -0.627. The lowest BCUT2D eigenvalue weighted by molar-refractivity contribution is 0.267. The van der Waals surface area contributed by atoms with E-state index in [2.05, 4.69) is 10.1 Å². The summed E-state index contributed by atoms with van der Waals surface area (Å²) >= 11 is 5.74. The number of hydrogen-bond donors (Lipinski definition) is 1. The van der Waals surface area contributed by atoms with Crippen molar-refractivity contribution < 1.29 is 8.91 Å². The fourth-order valence-electron chi connectivity index (χ4n) is 1.94.